The minimum Gasteiger partial charge on any atom is -0.338 e. The van der Waals surface area contributed by atoms with Crippen LogP contribution in [0.25, 0.3) is 0 Å². The third-order valence-corrected chi connectivity index (χ3v) is 2.66. The summed E-state index contributed by atoms with van der Waals surface area (Å²) >= 11 is 0. The normalized spacial score (nSPS) is 10.5. The molecule has 0 aliphatic carbocycles. The Labute approximate surface area is 98.9 Å². The number of hydrogen-bond donors (Lipinski definition) is 0. The number of imidazole rings is 1. The Balaban J connectivity index is 2.23. The molecule has 0 fully saturated rings. The van der Waals surface area contributed by atoms with E-state index in [0.717, 1.165) is 5.56 Å². The summed E-state index contributed by atoms with van der Waals surface area (Å²) in [5.41, 5.74) is 0.926. The fourth-order valence-electron chi connectivity index (χ4n) is 1.65. The van der Waals surface area contributed by atoms with Gasteiger partial charge in [0.15, 0.2) is 5.78 Å². The smallest absolute Gasteiger partial charge is 0.173 e. The second-order valence-electron chi connectivity index (χ2n) is 4.04. The third kappa shape index (κ3) is 2.41. The molecule has 17 heavy (non-hydrogen) atoms. The fourth-order valence-corrected chi connectivity index (χ4v) is 1.65. The van der Waals surface area contributed by atoms with E-state index in [0.29, 0.717) is 5.82 Å². The monoisotopic (exact) mass is 232 g/mol. The van der Waals surface area contributed by atoms with Crippen LogP contribution in [0.2, 0.25) is 0 Å². The SMILES string of the molecule is Cc1ccc(C(=O)Cc2nccn2C)c(F)c1. The van der Waals surface area contributed by atoms with Gasteiger partial charge in [0, 0.05) is 19.4 Å². The maximum absolute atomic E-state index is 13.6. The van der Waals surface area contributed by atoms with E-state index >= 15 is 0 Å². The number of carbonyl (C=O) groups excluding carboxylic acids is 1. The van der Waals surface area contributed by atoms with Crippen LogP contribution in [0.15, 0.2) is 30.6 Å². The summed E-state index contributed by atoms with van der Waals surface area (Å²) in [7, 11) is 1.81. The first-order valence-corrected chi connectivity index (χ1v) is 5.33. The Morgan fingerprint density at radius 2 is 2.24 bits per heavy atom. The first-order valence-electron chi connectivity index (χ1n) is 5.33. The lowest BCUT2D eigenvalue weighted by molar-refractivity contribution is 0.0986. The molecule has 2 rings (SSSR count). The van der Waals surface area contributed by atoms with Crippen molar-refractivity contribution in [2.45, 2.75) is 13.3 Å². The number of benzene rings is 1. The molecule has 0 aliphatic rings. The Hall–Kier alpha value is -1.97. The third-order valence-electron chi connectivity index (χ3n) is 2.66. The molecule has 0 unspecified atom stereocenters. The Morgan fingerprint density at radius 3 is 2.82 bits per heavy atom. The number of Topliss-reactive ketones (excluding diaryl/α,β-unsaturated/α-hetero) is 1. The Morgan fingerprint density at radius 1 is 1.47 bits per heavy atom. The standard InChI is InChI=1S/C13H13FN2O/c1-9-3-4-10(11(14)7-9)12(17)8-13-15-5-6-16(13)2/h3-7H,8H2,1-2H3. The molecule has 0 atom stereocenters. The zero-order valence-corrected chi connectivity index (χ0v) is 9.77. The number of rotatable bonds is 3. The van der Waals surface area contributed by atoms with Crippen molar-refractivity contribution >= 4 is 5.78 Å². The van der Waals surface area contributed by atoms with Crippen molar-refractivity contribution in [2.75, 3.05) is 0 Å². The van der Waals surface area contributed by atoms with Crippen LogP contribution < -0.4 is 0 Å². The molecule has 1 aromatic carbocycles. The van der Waals surface area contributed by atoms with Gasteiger partial charge >= 0.3 is 0 Å². The van der Waals surface area contributed by atoms with Crippen LogP contribution in [0, 0.1) is 12.7 Å². The van der Waals surface area contributed by atoms with Crippen molar-refractivity contribution in [3.63, 3.8) is 0 Å². The lowest BCUT2D eigenvalue weighted by atomic mass is 10.1. The molecule has 0 bridgehead atoms. The van der Waals surface area contributed by atoms with Crippen molar-refractivity contribution in [2.24, 2.45) is 7.05 Å². The van der Waals surface area contributed by atoms with Crippen molar-refractivity contribution < 1.29 is 9.18 Å². The van der Waals surface area contributed by atoms with Crippen molar-refractivity contribution in [3.8, 4) is 0 Å². The predicted molar refractivity (Wildman–Crippen MR) is 62.4 cm³/mol. The molecular weight excluding hydrogens is 219 g/mol. The maximum atomic E-state index is 13.6. The molecule has 0 radical (unpaired) electrons. The number of nitrogens with zero attached hydrogens (tertiary/aromatic N) is 2. The molecule has 3 nitrogen and oxygen atoms in total. The first kappa shape index (κ1) is 11.5. The van der Waals surface area contributed by atoms with Gasteiger partial charge in [0.1, 0.15) is 11.6 Å². The molecule has 4 heteroatoms. The summed E-state index contributed by atoms with van der Waals surface area (Å²) < 4.78 is 15.3. The lowest BCUT2D eigenvalue weighted by Crippen LogP contribution is -2.10. The summed E-state index contributed by atoms with van der Waals surface area (Å²) in [6.45, 7) is 1.79. The maximum Gasteiger partial charge on any atom is 0.173 e. The summed E-state index contributed by atoms with van der Waals surface area (Å²) in [5, 5.41) is 0. The van der Waals surface area contributed by atoms with Crippen LogP contribution >= 0.6 is 0 Å². The van der Waals surface area contributed by atoms with E-state index in [4.69, 9.17) is 0 Å². The quantitative estimate of drug-likeness (QED) is 0.761. The second kappa shape index (κ2) is 4.49. The molecule has 1 aromatic heterocycles. The van der Waals surface area contributed by atoms with Crippen LogP contribution in [0.5, 0.6) is 0 Å². The number of ketones is 1. The molecular formula is C13H13FN2O. The highest BCUT2D eigenvalue weighted by Crippen LogP contribution is 2.12. The van der Waals surface area contributed by atoms with Crippen molar-refractivity contribution in [1.82, 2.24) is 9.55 Å². The number of halogens is 1. The van der Waals surface area contributed by atoms with E-state index in [1.165, 1.54) is 12.1 Å². The number of aryl methyl sites for hydroxylation is 2. The van der Waals surface area contributed by atoms with E-state index in [-0.39, 0.29) is 17.8 Å². The molecule has 1 heterocycles. The number of hydrogen-bond acceptors (Lipinski definition) is 2. The largest absolute Gasteiger partial charge is 0.338 e. The van der Waals surface area contributed by atoms with Gasteiger partial charge in [0.25, 0.3) is 0 Å². The number of aromatic nitrogens is 2. The van der Waals surface area contributed by atoms with E-state index in [1.54, 1.807) is 37.0 Å². The van der Waals surface area contributed by atoms with E-state index in [9.17, 15) is 9.18 Å². The van der Waals surface area contributed by atoms with Crippen molar-refractivity contribution in [3.05, 3.63) is 53.4 Å². The number of carbonyl (C=O) groups is 1. The lowest BCUT2D eigenvalue weighted by Gasteiger charge is -2.04. The molecule has 0 aliphatic heterocycles. The average molecular weight is 232 g/mol. The molecule has 0 amide bonds. The average Bonchev–Trinajstić information content (AvgIpc) is 2.64. The van der Waals surface area contributed by atoms with Crippen LogP contribution in [-0.2, 0) is 13.5 Å². The van der Waals surface area contributed by atoms with E-state index < -0.39 is 5.82 Å². The van der Waals surface area contributed by atoms with Crippen LogP contribution in [0.3, 0.4) is 0 Å². The zero-order valence-electron chi connectivity index (χ0n) is 9.77. The van der Waals surface area contributed by atoms with Gasteiger partial charge in [0.2, 0.25) is 0 Å². The molecule has 0 spiro atoms. The van der Waals surface area contributed by atoms with Gasteiger partial charge in [-0.05, 0) is 24.6 Å². The van der Waals surface area contributed by atoms with Gasteiger partial charge in [-0.15, -0.1) is 0 Å². The highest BCUT2D eigenvalue weighted by molar-refractivity contribution is 5.97. The summed E-state index contributed by atoms with van der Waals surface area (Å²) in [4.78, 5) is 16.0. The van der Waals surface area contributed by atoms with Crippen LogP contribution in [0.1, 0.15) is 21.7 Å². The van der Waals surface area contributed by atoms with Gasteiger partial charge < -0.3 is 4.57 Å². The topological polar surface area (TPSA) is 34.9 Å². The van der Waals surface area contributed by atoms with Gasteiger partial charge in [-0.3, -0.25) is 4.79 Å². The highest BCUT2D eigenvalue weighted by atomic mass is 19.1. The molecule has 2 aromatic rings. The molecule has 0 N–H and O–H groups in total. The highest BCUT2D eigenvalue weighted by Gasteiger charge is 2.14. The van der Waals surface area contributed by atoms with E-state index in [1.807, 2.05) is 0 Å². The van der Waals surface area contributed by atoms with Gasteiger partial charge in [-0.1, -0.05) is 6.07 Å². The van der Waals surface area contributed by atoms with Gasteiger partial charge in [-0.2, -0.15) is 0 Å². The van der Waals surface area contributed by atoms with Gasteiger partial charge in [-0.25, -0.2) is 9.37 Å². The second-order valence-corrected chi connectivity index (χ2v) is 4.04. The van der Waals surface area contributed by atoms with Crippen LogP contribution in [0.4, 0.5) is 4.39 Å². The molecule has 88 valence electrons. The minimum atomic E-state index is -0.468. The fraction of sp³-hybridized carbons (Fsp3) is 0.231. The summed E-state index contributed by atoms with van der Waals surface area (Å²) in [6.07, 6.45) is 3.49. The minimum absolute atomic E-state index is 0.115. The zero-order chi connectivity index (χ0) is 12.4. The summed E-state index contributed by atoms with van der Waals surface area (Å²) in [5.74, 6) is -0.0871. The molecule has 0 saturated carbocycles. The summed E-state index contributed by atoms with van der Waals surface area (Å²) in [6, 6.07) is 4.62. The van der Waals surface area contributed by atoms with Crippen molar-refractivity contribution in [1.29, 1.82) is 0 Å². The van der Waals surface area contributed by atoms with E-state index in [2.05, 4.69) is 4.98 Å². The Bertz CT molecular complexity index is 560. The molecule has 0 saturated heterocycles. The first-order chi connectivity index (χ1) is 8.08. The van der Waals surface area contributed by atoms with Gasteiger partial charge in [0.05, 0.1) is 12.0 Å². The Kier molecular flexibility index (Phi) is 3.04. The van der Waals surface area contributed by atoms with Crippen LogP contribution in [-0.4, -0.2) is 15.3 Å². The predicted octanol–water partition coefficient (Wildman–Crippen LogP) is 2.29.